The van der Waals surface area contributed by atoms with Crippen molar-refractivity contribution in [3.05, 3.63) is 35.9 Å². The van der Waals surface area contributed by atoms with Gasteiger partial charge in [0.05, 0.1) is 0 Å². The molecule has 0 aromatic heterocycles. The van der Waals surface area contributed by atoms with E-state index in [1.165, 1.54) is 0 Å². The van der Waals surface area contributed by atoms with Gasteiger partial charge in [-0.1, -0.05) is 43.7 Å². The molecule has 0 spiro atoms. The molecule has 0 aliphatic heterocycles. The lowest BCUT2D eigenvalue weighted by molar-refractivity contribution is 0.460. The van der Waals surface area contributed by atoms with E-state index in [1.54, 1.807) is 24.3 Å². The zero-order chi connectivity index (χ0) is 10.6. The maximum absolute atomic E-state index is 11.1. The van der Waals surface area contributed by atoms with Gasteiger partial charge in [-0.15, -0.1) is 0 Å². The Morgan fingerprint density at radius 2 is 2.00 bits per heavy atom. The van der Waals surface area contributed by atoms with E-state index in [0.29, 0.717) is 12.0 Å². The second-order valence-corrected chi connectivity index (χ2v) is 4.44. The molecule has 14 heavy (non-hydrogen) atoms. The summed E-state index contributed by atoms with van der Waals surface area (Å²) in [5.41, 5.74) is 6.51. The van der Waals surface area contributed by atoms with Crippen LogP contribution in [0, 0.1) is 0 Å². The van der Waals surface area contributed by atoms with E-state index < -0.39 is 16.0 Å². The molecule has 0 bridgehead atoms. The summed E-state index contributed by atoms with van der Waals surface area (Å²) in [6.07, 6.45) is 1.17. The van der Waals surface area contributed by atoms with E-state index >= 15 is 0 Å². The van der Waals surface area contributed by atoms with E-state index in [0.717, 1.165) is 6.42 Å². The minimum Gasteiger partial charge on any atom is -0.771 e. The van der Waals surface area contributed by atoms with E-state index in [1.807, 2.05) is 13.0 Å². The summed E-state index contributed by atoms with van der Waals surface area (Å²) in [4.78, 5) is -1.24. The van der Waals surface area contributed by atoms with Crippen molar-refractivity contribution in [2.75, 3.05) is 0 Å². The van der Waals surface area contributed by atoms with Crippen molar-refractivity contribution >= 4 is 11.1 Å². The predicted molar refractivity (Wildman–Crippen MR) is 56.1 cm³/mol. The third kappa shape index (κ3) is 2.20. The van der Waals surface area contributed by atoms with Crippen molar-refractivity contribution in [1.82, 2.24) is 0 Å². The van der Waals surface area contributed by atoms with Gasteiger partial charge >= 0.3 is 0 Å². The molecule has 0 saturated heterocycles. The Labute approximate surface area is 86.6 Å². The highest BCUT2D eigenvalue weighted by Crippen LogP contribution is 2.26. The van der Waals surface area contributed by atoms with Crippen molar-refractivity contribution in [1.29, 1.82) is 0 Å². The third-order valence-corrected chi connectivity index (χ3v) is 3.22. The number of nitrogens with two attached hydrogens (primary N) is 1. The second kappa shape index (κ2) is 4.68. The zero-order valence-corrected chi connectivity index (χ0v) is 8.92. The van der Waals surface area contributed by atoms with Crippen LogP contribution in [-0.4, -0.2) is 8.76 Å². The predicted octanol–water partition coefficient (Wildman–Crippen LogP) is 1.48. The van der Waals surface area contributed by atoms with Crippen molar-refractivity contribution in [3.63, 3.8) is 0 Å². The molecule has 2 atom stereocenters. The van der Waals surface area contributed by atoms with Crippen LogP contribution in [0.15, 0.2) is 30.3 Å². The first-order valence-corrected chi connectivity index (χ1v) is 5.62. The van der Waals surface area contributed by atoms with Crippen LogP contribution in [0.25, 0.3) is 0 Å². The minimum atomic E-state index is -2.29. The fourth-order valence-electron chi connectivity index (χ4n) is 1.42. The Kier molecular flexibility index (Phi) is 3.80. The lowest BCUT2D eigenvalue weighted by Gasteiger charge is -2.31. The standard InChI is InChI=1S/C10H15NO2S/c1-2-8-10(11,14(12)13)9-6-4-3-5-7-9/h3-7H,2,8,11H2,1H3,(H,12,13)/p-1. The van der Waals surface area contributed by atoms with Crippen LogP contribution in [0.2, 0.25) is 0 Å². The number of hydrogen-bond acceptors (Lipinski definition) is 3. The SMILES string of the molecule is CCCC(N)(c1ccccc1)S(=O)[O-]. The summed E-state index contributed by atoms with van der Waals surface area (Å²) in [6.45, 7) is 1.91. The van der Waals surface area contributed by atoms with Crippen molar-refractivity contribution in [3.8, 4) is 0 Å². The van der Waals surface area contributed by atoms with Gasteiger partial charge in [-0.3, -0.25) is 4.21 Å². The summed E-state index contributed by atoms with van der Waals surface area (Å²) >= 11 is -2.29. The average molecular weight is 212 g/mol. The van der Waals surface area contributed by atoms with Crippen LogP contribution in [0.5, 0.6) is 0 Å². The molecule has 1 aromatic rings. The molecule has 1 aromatic carbocycles. The van der Waals surface area contributed by atoms with Crippen molar-refractivity contribution in [2.45, 2.75) is 24.6 Å². The average Bonchev–Trinajstić information content (AvgIpc) is 2.19. The topological polar surface area (TPSA) is 66.2 Å². The van der Waals surface area contributed by atoms with Crippen LogP contribution >= 0.6 is 0 Å². The van der Waals surface area contributed by atoms with Crippen LogP contribution in [0.3, 0.4) is 0 Å². The Morgan fingerprint density at radius 1 is 1.43 bits per heavy atom. The van der Waals surface area contributed by atoms with E-state index in [4.69, 9.17) is 5.73 Å². The summed E-state index contributed by atoms with van der Waals surface area (Å²) in [7, 11) is 0. The number of rotatable bonds is 4. The number of benzene rings is 1. The molecule has 2 unspecified atom stereocenters. The van der Waals surface area contributed by atoms with Gasteiger partial charge in [0.25, 0.3) is 0 Å². The monoisotopic (exact) mass is 212 g/mol. The fraction of sp³-hybridized carbons (Fsp3) is 0.400. The van der Waals surface area contributed by atoms with Gasteiger partial charge in [-0.25, -0.2) is 0 Å². The smallest absolute Gasteiger partial charge is 0.104 e. The summed E-state index contributed by atoms with van der Waals surface area (Å²) in [5, 5.41) is 0. The van der Waals surface area contributed by atoms with Crippen LogP contribution in [-0.2, 0) is 16.0 Å². The maximum atomic E-state index is 11.1. The van der Waals surface area contributed by atoms with Gasteiger partial charge in [0, 0.05) is 0 Å². The molecule has 0 saturated carbocycles. The normalized spacial score (nSPS) is 17.4. The van der Waals surface area contributed by atoms with Gasteiger partial charge in [-0.05, 0) is 23.1 Å². The lowest BCUT2D eigenvalue weighted by Crippen LogP contribution is -2.40. The first kappa shape index (κ1) is 11.4. The van der Waals surface area contributed by atoms with Gasteiger partial charge in [-0.2, -0.15) is 0 Å². The Hall–Kier alpha value is -0.710. The molecule has 3 nitrogen and oxygen atoms in total. The van der Waals surface area contributed by atoms with Gasteiger partial charge in [0.2, 0.25) is 0 Å². The lowest BCUT2D eigenvalue weighted by atomic mass is 10.0. The second-order valence-electron chi connectivity index (χ2n) is 3.24. The minimum absolute atomic E-state index is 0.438. The first-order valence-electron chi connectivity index (χ1n) is 4.55. The molecule has 0 heterocycles. The zero-order valence-electron chi connectivity index (χ0n) is 8.10. The molecule has 2 N–H and O–H groups in total. The molecule has 78 valence electrons. The van der Waals surface area contributed by atoms with Gasteiger partial charge in [0.1, 0.15) is 4.87 Å². The first-order chi connectivity index (χ1) is 6.61. The molecule has 0 aliphatic carbocycles. The molecular weight excluding hydrogens is 198 g/mol. The molecule has 4 heteroatoms. The van der Waals surface area contributed by atoms with E-state index in [2.05, 4.69) is 0 Å². The molecule has 0 fully saturated rings. The highest BCUT2D eigenvalue weighted by atomic mass is 32.2. The Bertz CT molecular complexity index is 315. The Balaban J connectivity index is 3.06. The van der Waals surface area contributed by atoms with E-state index in [9.17, 15) is 8.76 Å². The summed E-state index contributed by atoms with van der Waals surface area (Å²) in [5.74, 6) is 0. The highest BCUT2D eigenvalue weighted by Gasteiger charge is 2.27. The van der Waals surface area contributed by atoms with Crippen LogP contribution in [0.4, 0.5) is 0 Å². The fourth-order valence-corrected chi connectivity index (χ4v) is 2.11. The van der Waals surface area contributed by atoms with Gasteiger partial charge < -0.3 is 10.3 Å². The summed E-state index contributed by atoms with van der Waals surface area (Å²) in [6, 6.07) is 8.90. The Morgan fingerprint density at radius 3 is 2.43 bits per heavy atom. The largest absolute Gasteiger partial charge is 0.771 e. The number of hydrogen-bond donors (Lipinski definition) is 1. The van der Waals surface area contributed by atoms with Crippen molar-refractivity contribution < 1.29 is 8.76 Å². The summed E-state index contributed by atoms with van der Waals surface area (Å²) < 4.78 is 22.2. The molecule has 1 rings (SSSR count). The molecular formula is C10H14NO2S-. The van der Waals surface area contributed by atoms with Crippen molar-refractivity contribution in [2.24, 2.45) is 5.73 Å². The van der Waals surface area contributed by atoms with E-state index in [-0.39, 0.29) is 0 Å². The van der Waals surface area contributed by atoms with Crippen LogP contribution in [0.1, 0.15) is 25.3 Å². The molecule has 0 aliphatic rings. The van der Waals surface area contributed by atoms with Gasteiger partial charge in [0.15, 0.2) is 0 Å². The molecule has 0 amide bonds. The quantitative estimate of drug-likeness (QED) is 0.769. The highest BCUT2D eigenvalue weighted by molar-refractivity contribution is 7.80. The van der Waals surface area contributed by atoms with Crippen LogP contribution < -0.4 is 5.73 Å². The third-order valence-electron chi connectivity index (χ3n) is 2.18. The molecule has 0 radical (unpaired) electrons. The maximum Gasteiger partial charge on any atom is 0.104 e.